The molecule has 1 heterocycles. The highest BCUT2D eigenvalue weighted by Crippen LogP contribution is 2.19. The summed E-state index contributed by atoms with van der Waals surface area (Å²) in [5.41, 5.74) is 1.25. The molecule has 3 rings (SSSR count). The predicted molar refractivity (Wildman–Crippen MR) is 120 cm³/mol. The van der Waals surface area contributed by atoms with Crippen LogP contribution in [0.2, 0.25) is 5.02 Å². The van der Waals surface area contributed by atoms with Crippen LogP contribution in [0.25, 0.3) is 6.08 Å². The van der Waals surface area contributed by atoms with Gasteiger partial charge in [0.1, 0.15) is 5.75 Å². The minimum absolute atomic E-state index is 0.0373. The Morgan fingerprint density at radius 2 is 1.87 bits per heavy atom. The molecule has 7 heteroatoms. The Balaban J connectivity index is 1.45. The van der Waals surface area contributed by atoms with Crippen molar-refractivity contribution in [2.75, 3.05) is 19.6 Å². The van der Waals surface area contributed by atoms with E-state index in [1.54, 1.807) is 42.5 Å². The van der Waals surface area contributed by atoms with Crippen LogP contribution in [0.4, 0.5) is 0 Å². The van der Waals surface area contributed by atoms with Crippen molar-refractivity contribution in [3.63, 3.8) is 0 Å². The van der Waals surface area contributed by atoms with Gasteiger partial charge < -0.3 is 15.0 Å². The minimum Gasteiger partial charge on any atom is -0.427 e. The van der Waals surface area contributed by atoms with E-state index in [1.165, 1.54) is 6.92 Å². The average molecular weight is 441 g/mol. The fraction of sp³-hybridized carbons (Fsp3) is 0.292. The van der Waals surface area contributed by atoms with E-state index in [9.17, 15) is 14.4 Å². The van der Waals surface area contributed by atoms with Crippen LogP contribution in [0.1, 0.15) is 35.7 Å². The third-order valence-electron chi connectivity index (χ3n) is 5.15. The molecule has 1 N–H and O–H groups in total. The van der Waals surface area contributed by atoms with Gasteiger partial charge in [-0.25, -0.2) is 0 Å². The lowest BCUT2D eigenvalue weighted by atomic mass is 9.96. The van der Waals surface area contributed by atoms with Crippen LogP contribution in [0.5, 0.6) is 5.75 Å². The number of piperidine rings is 1. The molecule has 1 fully saturated rings. The fourth-order valence-corrected chi connectivity index (χ4v) is 3.64. The lowest BCUT2D eigenvalue weighted by molar-refractivity contribution is -0.132. The number of benzene rings is 2. The fourth-order valence-electron chi connectivity index (χ4n) is 3.44. The minimum atomic E-state index is -0.430. The van der Waals surface area contributed by atoms with Gasteiger partial charge in [-0.15, -0.1) is 0 Å². The molecule has 0 radical (unpaired) electrons. The Kier molecular flexibility index (Phi) is 7.84. The largest absolute Gasteiger partial charge is 0.427 e. The van der Waals surface area contributed by atoms with Crippen molar-refractivity contribution in [3.05, 3.63) is 70.8 Å². The van der Waals surface area contributed by atoms with Crippen molar-refractivity contribution in [1.82, 2.24) is 10.2 Å². The number of carbonyl (C=O) groups excluding carboxylic acids is 3. The average Bonchev–Trinajstić information content (AvgIpc) is 2.77. The monoisotopic (exact) mass is 440 g/mol. The smallest absolute Gasteiger partial charge is 0.308 e. The molecule has 0 unspecified atom stereocenters. The molecule has 0 saturated carbocycles. The van der Waals surface area contributed by atoms with Gasteiger partial charge in [0, 0.05) is 43.2 Å². The van der Waals surface area contributed by atoms with Crippen molar-refractivity contribution in [1.29, 1.82) is 0 Å². The molecule has 0 atom stereocenters. The summed E-state index contributed by atoms with van der Waals surface area (Å²) >= 11 is 6.12. The molecule has 1 aliphatic rings. The summed E-state index contributed by atoms with van der Waals surface area (Å²) in [4.78, 5) is 37.7. The molecule has 1 aliphatic heterocycles. The first-order valence-corrected chi connectivity index (χ1v) is 10.6. The first-order chi connectivity index (χ1) is 14.9. The highest BCUT2D eigenvalue weighted by molar-refractivity contribution is 6.32. The first kappa shape index (κ1) is 22.6. The molecule has 2 aromatic rings. The molecule has 0 spiro atoms. The number of nitrogens with zero attached hydrogens (tertiary/aromatic N) is 1. The van der Waals surface area contributed by atoms with Crippen molar-refractivity contribution in [2.45, 2.75) is 19.8 Å². The first-order valence-electron chi connectivity index (χ1n) is 10.2. The van der Waals surface area contributed by atoms with E-state index in [4.69, 9.17) is 16.3 Å². The summed E-state index contributed by atoms with van der Waals surface area (Å²) in [6, 6.07) is 13.9. The van der Waals surface area contributed by atoms with E-state index in [2.05, 4.69) is 5.32 Å². The Bertz CT molecular complexity index is 981. The van der Waals surface area contributed by atoms with Gasteiger partial charge in [-0.3, -0.25) is 14.4 Å². The highest BCUT2D eigenvalue weighted by Gasteiger charge is 2.22. The molecule has 6 nitrogen and oxygen atoms in total. The lowest BCUT2D eigenvalue weighted by Gasteiger charge is -2.31. The Morgan fingerprint density at radius 3 is 2.58 bits per heavy atom. The molecule has 1 saturated heterocycles. The third-order valence-corrected chi connectivity index (χ3v) is 5.49. The number of halogens is 1. The lowest BCUT2D eigenvalue weighted by Crippen LogP contribution is -2.41. The van der Waals surface area contributed by atoms with Crippen LogP contribution < -0.4 is 10.1 Å². The van der Waals surface area contributed by atoms with E-state index in [1.807, 2.05) is 23.1 Å². The topological polar surface area (TPSA) is 75.7 Å². The second kappa shape index (κ2) is 10.8. The van der Waals surface area contributed by atoms with Gasteiger partial charge in [-0.1, -0.05) is 35.9 Å². The number of esters is 1. The summed E-state index contributed by atoms with van der Waals surface area (Å²) < 4.78 is 5.02. The van der Waals surface area contributed by atoms with Crippen molar-refractivity contribution >= 4 is 35.5 Å². The number of likely N-dealkylation sites (tertiary alicyclic amines) is 1. The SMILES string of the molecule is CC(=O)Oc1cccc(C(=O)NCC2CCN(C(=O)/C=C/c3ccccc3Cl)CC2)c1. The van der Waals surface area contributed by atoms with E-state index >= 15 is 0 Å². The second-order valence-electron chi connectivity index (χ2n) is 7.46. The Labute approximate surface area is 186 Å². The normalized spacial score (nSPS) is 14.5. The van der Waals surface area contributed by atoms with Crippen LogP contribution in [0.15, 0.2) is 54.6 Å². The van der Waals surface area contributed by atoms with E-state index in [0.717, 1.165) is 18.4 Å². The zero-order valence-electron chi connectivity index (χ0n) is 17.3. The molecule has 31 heavy (non-hydrogen) atoms. The Hall–Kier alpha value is -3.12. The molecule has 0 aromatic heterocycles. The molecular formula is C24H25ClN2O4. The maximum Gasteiger partial charge on any atom is 0.308 e. The number of carbonyl (C=O) groups is 3. The van der Waals surface area contributed by atoms with Gasteiger partial charge in [0.05, 0.1) is 0 Å². The quantitative estimate of drug-likeness (QED) is 0.419. The van der Waals surface area contributed by atoms with Gasteiger partial charge in [0.25, 0.3) is 5.91 Å². The van der Waals surface area contributed by atoms with E-state index in [-0.39, 0.29) is 11.8 Å². The number of ether oxygens (including phenoxy) is 1. The van der Waals surface area contributed by atoms with Gasteiger partial charge in [-0.05, 0) is 54.7 Å². The van der Waals surface area contributed by atoms with Crippen molar-refractivity contribution in [3.8, 4) is 5.75 Å². The molecule has 0 bridgehead atoms. The van der Waals surface area contributed by atoms with Gasteiger partial charge in [0.15, 0.2) is 0 Å². The van der Waals surface area contributed by atoms with E-state index < -0.39 is 5.97 Å². The second-order valence-corrected chi connectivity index (χ2v) is 7.86. The maximum absolute atomic E-state index is 12.4. The summed E-state index contributed by atoms with van der Waals surface area (Å²) in [5, 5.41) is 3.55. The van der Waals surface area contributed by atoms with Crippen LogP contribution in [0, 0.1) is 5.92 Å². The molecule has 0 aliphatic carbocycles. The third kappa shape index (κ3) is 6.69. The van der Waals surface area contributed by atoms with Gasteiger partial charge in [-0.2, -0.15) is 0 Å². The van der Waals surface area contributed by atoms with Crippen molar-refractivity contribution in [2.24, 2.45) is 5.92 Å². The van der Waals surface area contributed by atoms with Crippen LogP contribution >= 0.6 is 11.6 Å². The highest BCUT2D eigenvalue weighted by atomic mass is 35.5. The summed E-state index contributed by atoms with van der Waals surface area (Å²) in [7, 11) is 0. The number of amides is 2. The summed E-state index contributed by atoms with van der Waals surface area (Å²) in [5.74, 6) is -0.0329. The summed E-state index contributed by atoms with van der Waals surface area (Å²) in [6.45, 7) is 3.15. The predicted octanol–water partition coefficient (Wildman–Crippen LogP) is 3.95. The standard InChI is InChI=1S/C24H25ClN2O4/c1-17(28)31-21-7-4-6-20(15-21)24(30)26-16-18-11-13-27(14-12-18)23(29)10-9-19-5-2-3-8-22(19)25/h2-10,15,18H,11-14,16H2,1H3,(H,26,30)/b10-9+. The Morgan fingerprint density at radius 1 is 1.13 bits per heavy atom. The molecule has 162 valence electrons. The van der Waals surface area contributed by atoms with Gasteiger partial charge >= 0.3 is 5.97 Å². The van der Waals surface area contributed by atoms with Gasteiger partial charge in [0.2, 0.25) is 5.91 Å². The maximum atomic E-state index is 12.4. The van der Waals surface area contributed by atoms with Crippen LogP contribution in [0.3, 0.4) is 0 Å². The zero-order valence-corrected chi connectivity index (χ0v) is 18.1. The number of rotatable bonds is 6. The number of hydrogen-bond donors (Lipinski definition) is 1. The molecule has 2 amide bonds. The zero-order chi connectivity index (χ0) is 22.2. The van der Waals surface area contributed by atoms with Crippen molar-refractivity contribution < 1.29 is 19.1 Å². The summed E-state index contributed by atoms with van der Waals surface area (Å²) in [6.07, 6.45) is 4.93. The number of nitrogens with one attached hydrogen (secondary N) is 1. The van der Waals surface area contributed by atoms with E-state index in [0.29, 0.717) is 41.9 Å². The van der Waals surface area contributed by atoms with Crippen LogP contribution in [-0.2, 0) is 9.59 Å². The molecular weight excluding hydrogens is 416 g/mol. The van der Waals surface area contributed by atoms with Crippen LogP contribution in [-0.4, -0.2) is 42.3 Å². The molecule has 2 aromatic carbocycles. The number of hydrogen-bond acceptors (Lipinski definition) is 4.